The summed E-state index contributed by atoms with van der Waals surface area (Å²) < 4.78 is 0. The molecule has 2 aromatic rings. The van der Waals surface area contributed by atoms with E-state index < -0.39 is 0 Å². The van der Waals surface area contributed by atoms with Gasteiger partial charge in [-0.2, -0.15) is 0 Å². The Morgan fingerprint density at radius 1 is 1.00 bits per heavy atom. The maximum absolute atomic E-state index is 11.7. The molecule has 0 aliphatic rings. The zero-order valence-corrected chi connectivity index (χ0v) is 14.2. The Kier molecular flexibility index (Phi) is 6.83. The summed E-state index contributed by atoms with van der Waals surface area (Å²) in [7, 11) is 3.39. The lowest BCUT2D eigenvalue weighted by molar-refractivity contribution is 0.0963. The highest BCUT2D eigenvalue weighted by Gasteiger charge is 2.04. The summed E-state index contributed by atoms with van der Waals surface area (Å²) in [4.78, 5) is 15.9. The smallest absolute Gasteiger partial charge is 0.251 e. The average Bonchev–Trinajstić information content (AvgIpc) is 2.65. The van der Waals surface area contributed by atoms with Crippen LogP contribution in [0.1, 0.15) is 21.5 Å². The van der Waals surface area contributed by atoms with Crippen molar-refractivity contribution in [2.75, 3.05) is 20.6 Å². The summed E-state index contributed by atoms with van der Waals surface area (Å²) in [5, 5.41) is 9.22. The SMILES string of the molecule is CN=C(NCCc1cccc(C(=O)NC)c1)NCc1ccccc1. The summed E-state index contributed by atoms with van der Waals surface area (Å²) in [6.07, 6.45) is 0.816. The summed E-state index contributed by atoms with van der Waals surface area (Å²) >= 11 is 0. The van der Waals surface area contributed by atoms with E-state index in [0.29, 0.717) is 5.56 Å². The second-order valence-electron chi connectivity index (χ2n) is 5.37. The molecule has 0 aliphatic carbocycles. The lowest BCUT2D eigenvalue weighted by atomic mass is 10.1. The number of nitrogens with one attached hydrogen (secondary N) is 3. The van der Waals surface area contributed by atoms with Crippen molar-refractivity contribution < 1.29 is 4.79 Å². The molecule has 0 heterocycles. The average molecular weight is 324 g/mol. The van der Waals surface area contributed by atoms with Crippen LogP contribution in [-0.2, 0) is 13.0 Å². The standard InChI is InChI=1S/C19H24N4O/c1-20-18(24)17-10-6-9-15(13-17)11-12-22-19(21-2)23-14-16-7-4-3-5-8-16/h3-10,13H,11-12,14H2,1-2H3,(H,20,24)(H2,21,22,23). The summed E-state index contributed by atoms with van der Waals surface area (Å²) in [6.45, 7) is 1.47. The van der Waals surface area contributed by atoms with Gasteiger partial charge in [0.05, 0.1) is 0 Å². The van der Waals surface area contributed by atoms with Gasteiger partial charge in [0, 0.05) is 32.7 Å². The number of carbonyl (C=O) groups is 1. The molecule has 2 rings (SSSR count). The molecule has 24 heavy (non-hydrogen) atoms. The van der Waals surface area contributed by atoms with Gasteiger partial charge >= 0.3 is 0 Å². The van der Waals surface area contributed by atoms with Gasteiger partial charge in [-0.05, 0) is 29.7 Å². The van der Waals surface area contributed by atoms with E-state index in [0.717, 1.165) is 31.0 Å². The molecular formula is C19H24N4O. The summed E-state index contributed by atoms with van der Waals surface area (Å²) in [5.41, 5.74) is 3.00. The topological polar surface area (TPSA) is 65.5 Å². The summed E-state index contributed by atoms with van der Waals surface area (Å²) in [5.74, 6) is 0.700. The molecule has 3 N–H and O–H groups in total. The number of carbonyl (C=O) groups excluding carboxylic acids is 1. The Labute approximate surface area is 143 Å². The van der Waals surface area contributed by atoms with Gasteiger partial charge in [-0.3, -0.25) is 9.79 Å². The fourth-order valence-electron chi connectivity index (χ4n) is 2.34. The fourth-order valence-corrected chi connectivity index (χ4v) is 2.34. The molecule has 2 aromatic carbocycles. The molecule has 0 saturated carbocycles. The highest BCUT2D eigenvalue weighted by molar-refractivity contribution is 5.94. The third-order valence-corrected chi connectivity index (χ3v) is 3.65. The van der Waals surface area contributed by atoms with Crippen molar-refractivity contribution in [3.63, 3.8) is 0 Å². The first-order valence-electron chi connectivity index (χ1n) is 8.02. The van der Waals surface area contributed by atoms with Crippen LogP contribution in [0.3, 0.4) is 0 Å². The zero-order valence-electron chi connectivity index (χ0n) is 14.2. The Bertz CT molecular complexity index is 683. The van der Waals surface area contributed by atoms with Gasteiger partial charge in [0.1, 0.15) is 0 Å². The molecule has 0 fully saturated rings. The molecule has 0 unspecified atom stereocenters. The fraction of sp³-hybridized carbons (Fsp3) is 0.263. The van der Waals surface area contributed by atoms with E-state index in [1.165, 1.54) is 5.56 Å². The molecule has 0 saturated heterocycles. The van der Waals surface area contributed by atoms with E-state index in [1.54, 1.807) is 14.1 Å². The lowest BCUT2D eigenvalue weighted by Gasteiger charge is -2.12. The Morgan fingerprint density at radius 2 is 1.75 bits per heavy atom. The van der Waals surface area contributed by atoms with Crippen molar-refractivity contribution in [3.8, 4) is 0 Å². The monoisotopic (exact) mass is 324 g/mol. The number of hydrogen-bond acceptors (Lipinski definition) is 2. The first-order chi connectivity index (χ1) is 11.7. The second-order valence-corrected chi connectivity index (χ2v) is 5.37. The minimum absolute atomic E-state index is 0.0647. The van der Waals surface area contributed by atoms with Crippen LogP contribution < -0.4 is 16.0 Å². The maximum atomic E-state index is 11.7. The molecule has 0 bridgehead atoms. The molecule has 0 spiro atoms. The quantitative estimate of drug-likeness (QED) is 0.562. The molecular weight excluding hydrogens is 300 g/mol. The van der Waals surface area contributed by atoms with Crippen molar-refractivity contribution in [1.82, 2.24) is 16.0 Å². The molecule has 0 aromatic heterocycles. The van der Waals surface area contributed by atoms with E-state index in [-0.39, 0.29) is 5.91 Å². The summed E-state index contributed by atoms with van der Waals surface area (Å²) in [6, 6.07) is 17.9. The molecule has 0 aliphatic heterocycles. The van der Waals surface area contributed by atoms with Gasteiger partial charge in [0.25, 0.3) is 5.91 Å². The maximum Gasteiger partial charge on any atom is 0.251 e. The van der Waals surface area contributed by atoms with Crippen molar-refractivity contribution in [1.29, 1.82) is 0 Å². The zero-order chi connectivity index (χ0) is 17.2. The van der Waals surface area contributed by atoms with Crippen LogP contribution in [0.4, 0.5) is 0 Å². The van der Waals surface area contributed by atoms with Gasteiger partial charge < -0.3 is 16.0 Å². The predicted molar refractivity (Wildman–Crippen MR) is 98.2 cm³/mol. The van der Waals surface area contributed by atoms with E-state index in [9.17, 15) is 4.79 Å². The van der Waals surface area contributed by atoms with Gasteiger partial charge in [-0.15, -0.1) is 0 Å². The van der Waals surface area contributed by atoms with Crippen molar-refractivity contribution >= 4 is 11.9 Å². The predicted octanol–water partition coefficient (Wildman–Crippen LogP) is 1.95. The molecule has 5 heteroatoms. The largest absolute Gasteiger partial charge is 0.356 e. The molecule has 0 atom stereocenters. The van der Waals surface area contributed by atoms with Crippen LogP contribution in [0.2, 0.25) is 0 Å². The normalized spacial score (nSPS) is 11.0. The Hall–Kier alpha value is -2.82. The van der Waals surface area contributed by atoms with Crippen molar-refractivity contribution in [2.24, 2.45) is 4.99 Å². The number of amides is 1. The van der Waals surface area contributed by atoms with Gasteiger partial charge in [0.2, 0.25) is 0 Å². The number of nitrogens with zero attached hydrogens (tertiary/aromatic N) is 1. The third kappa shape index (κ3) is 5.43. The number of rotatable bonds is 6. The molecule has 1 amide bonds. The third-order valence-electron chi connectivity index (χ3n) is 3.65. The highest BCUT2D eigenvalue weighted by Crippen LogP contribution is 2.05. The highest BCUT2D eigenvalue weighted by atomic mass is 16.1. The number of hydrogen-bond donors (Lipinski definition) is 3. The second kappa shape index (κ2) is 9.35. The molecule has 5 nitrogen and oxygen atoms in total. The van der Waals surface area contributed by atoms with Crippen LogP contribution >= 0.6 is 0 Å². The van der Waals surface area contributed by atoms with Crippen molar-refractivity contribution in [3.05, 3.63) is 71.3 Å². The van der Waals surface area contributed by atoms with Crippen molar-refractivity contribution in [2.45, 2.75) is 13.0 Å². The van der Waals surface area contributed by atoms with Crippen LogP contribution in [-0.4, -0.2) is 32.5 Å². The molecule has 126 valence electrons. The first-order valence-corrected chi connectivity index (χ1v) is 8.02. The van der Waals surface area contributed by atoms with Crippen LogP contribution in [0.25, 0.3) is 0 Å². The Morgan fingerprint density at radius 3 is 2.46 bits per heavy atom. The van der Waals surface area contributed by atoms with Crippen LogP contribution in [0.5, 0.6) is 0 Å². The van der Waals surface area contributed by atoms with E-state index in [2.05, 4.69) is 33.1 Å². The van der Waals surface area contributed by atoms with E-state index in [4.69, 9.17) is 0 Å². The lowest BCUT2D eigenvalue weighted by Crippen LogP contribution is -2.37. The first kappa shape index (κ1) is 17.5. The molecule has 0 radical (unpaired) electrons. The van der Waals surface area contributed by atoms with Gasteiger partial charge in [-0.25, -0.2) is 0 Å². The van der Waals surface area contributed by atoms with Gasteiger partial charge in [0.15, 0.2) is 5.96 Å². The van der Waals surface area contributed by atoms with E-state index >= 15 is 0 Å². The van der Waals surface area contributed by atoms with Crippen LogP contribution in [0.15, 0.2) is 59.6 Å². The van der Waals surface area contributed by atoms with Gasteiger partial charge in [-0.1, -0.05) is 42.5 Å². The van der Waals surface area contributed by atoms with E-state index in [1.807, 2.05) is 42.5 Å². The number of guanidine groups is 1. The number of aliphatic imine (C=N–C) groups is 1. The van der Waals surface area contributed by atoms with Crippen LogP contribution in [0, 0.1) is 0 Å². The minimum Gasteiger partial charge on any atom is -0.356 e. The number of benzene rings is 2. The minimum atomic E-state index is -0.0647. The Balaban J connectivity index is 1.80.